The quantitative estimate of drug-likeness (QED) is 0.538. The molecule has 32 heavy (non-hydrogen) atoms. The molecule has 6 heteroatoms. The summed E-state index contributed by atoms with van der Waals surface area (Å²) in [6, 6.07) is 19.8. The van der Waals surface area contributed by atoms with E-state index in [1.165, 1.54) is 24.3 Å². The molecule has 0 unspecified atom stereocenters. The molecule has 0 spiro atoms. The summed E-state index contributed by atoms with van der Waals surface area (Å²) >= 11 is 0. The highest BCUT2D eigenvalue weighted by Crippen LogP contribution is 2.34. The maximum absolute atomic E-state index is 13.5. The number of hydrogen-bond donors (Lipinski definition) is 1. The first kappa shape index (κ1) is 21.3. The molecule has 0 saturated heterocycles. The smallest absolute Gasteiger partial charge is 0.282 e. The van der Waals surface area contributed by atoms with E-state index in [9.17, 15) is 14.0 Å². The molecule has 1 aliphatic heterocycles. The fraction of sp³-hybridized carbons (Fsp3) is 0.154. The van der Waals surface area contributed by atoms with E-state index < -0.39 is 17.6 Å². The Bertz CT molecular complexity index is 1200. The lowest BCUT2D eigenvalue weighted by molar-refractivity contribution is -0.120. The number of benzene rings is 3. The second-order valence-corrected chi connectivity index (χ2v) is 7.86. The molecule has 5 nitrogen and oxygen atoms in total. The molecular weight excluding hydrogens is 407 g/mol. The van der Waals surface area contributed by atoms with E-state index >= 15 is 0 Å². The normalized spacial score (nSPS) is 13.8. The molecule has 3 aromatic rings. The number of amides is 2. The van der Waals surface area contributed by atoms with Crippen molar-refractivity contribution in [2.24, 2.45) is 0 Å². The minimum absolute atomic E-state index is 0.0403. The first-order chi connectivity index (χ1) is 15.3. The molecule has 2 amide bonds. The highest BCUT2D eigenvalue weighted by molar-refractivity contribution is 6.46. The van der Waals surface area contributed by atoms with Gasteiger partial charge >= 0.3 is 0 Å². The molecule has 0 aliphatic carbocycles. The summed E-state index contributed by atoms with van der Waals surface area (Å²) in [6.45, 7) is 5.77. The standard InChI is InChI=1S/C26H23FN2O3/c1-16(2)32-22-13-11-20(12-14-22)28-24-23(18-7-9-19(27)10-8-18)25(30)29(26(24)31)21-6-4-5-17(3)15-21/h4-16,28H,1-3H3. The van der Waals surface area contributed by atoms with Gasteiger partial charge in [-0.15, -0.1) is 0 Å². The van der Waals surface area contributed by atoms with E-state index in [1.54, 1.807) is 42.5 Å². The number of nitrogens with zero attached hydrogens (tertiary/aromatic N) is 1. The fourth-order valence-corrected chi connectivity index (χ4v) is 3.56. The number of carbonyl (C=O) groups is 2. The molecule has 0 saturated carbocycles. The minimum atomic E-state index is -0.470. The average molecular weight is 430 g/mol. The van der Waals surface area contributed by atoms with Gasteiger partial charge in [0.2, 0.25) is 0 Å². The fourth-order valence-electron chi connectivity index (χ4n) is 3.56. The van der Waals surface area contributed by atoms with E-state index in [0.717, 1.165) is 10.5 Å². The first-order valence-corrected chi connectivity index (χ1v) is 10.3. The van der Waals surface area contributed by atoms with Crippen LogP contribution in [0.2, 0.25) is 0 Å². The maximum atomic E-state index is 13.5. The monoisotopic (exact) mass is 430 g/mol. The Hall–Kier alpha value is -3.93. The zero-order valence-electron chi connectivity index (χ0n) is 18.1. The molecule has 1 heterocycles. The summed E-state index contributed by atoms with van der Waals surface area (Å²) in [7, 11) is 0. The molecule has 0 radical (unpaired) electrons. The van der Waals surface area contributed by atoms with Crippen LogP contribution in [0.25, 0.3) is 5.57 Å². The van der Waals surface area contributed by atoms with Crippen molar-refractivity contribution in [2.75, 3.05) is 10.2 Å². The zero-order chi connectivity index (χ0) is 22.8. The van der Waals surface area contributed by atoms with Crippen molar-refractivity contribution >= 4 is 28.8 Å². The molecule has 0 bridgehead atoms. The molecule has 3 aromatic carbocycles. The van der Waals surface area contributed by atoms with Crippen LogP contribution in [0.4, 0.5) is 15.8 Å². The largest absolute Gasteiger partial charge is 0.491 e. The second kappa shape index (κ2) is 8.67. The van der Waals surface area contributed by atoms with Gasteiger partial charge in [0.05, 0.1) is 17.4 Å². The van der Waals surface area contributed by atoms with Crippen molar-refractivity contribution in [3.63, 3.8) is 0 Å². The van der Waals surface area contributed by atoms with Crippen LogP contribution in [-0.2, 0) is 9.59 Å². The number of ether oxygens (including phenoxy) is 1. The molecule has 162 valence electrons. The van der Waals surface area contributed by atoms with E-state index in [2.05, 4.69) is 5.32 Å². The van der Waals surface area contributed by atoms with Gasteiger partial charge in [-0.2, -0.15) is 0 Å². The third-order valence-corrected chi connectivity index (χ3v) is 4.97. The van der Waals surface area contributed by atoms with Crippen LogP contribution in [0, 0.1) is 12.7 Å². The van der Waals surface area contributed by atoms with Gasteiger partial charge in [0, 0.05) is 5.69 Å². The lowest BCUT2D eigenvalue weighted by Crippen LogP contribution is -2.32. The maximum Gasteiger partial charge on any atom is 0.282 e. The highest BCUT2D eigenvalue weighted by atomic mass is 19.1. The van der Waals surface area contributed by atoms with Crippen LogP contribution in [0.1, 0.15) is 25.0 Å². The molecule has 0 aromatic heterocycles. The van der Waals surface area contributed by atoms with Crippen molar-refractivity contribution in [1.29, 1.82) is 0 Å². The predicted molar refractivity (Wildman–Crippen MR) is 123 cm³/mol. The minimum Gasteiger partial charge on any atom is -0.491 e. The van der Waals surface area contributed by atoms with Crippen molar-refractivity contribution in [3.05, 3.63) is 95.4 Å². The van der Waals surface area contributed by atoms with Gasteiger partial charge in [-0.1, -0.05) is 24.3 Å². The van der Waals surface area contributed by atoms with Gasteiger partial charge < -0.3 is 10.1 Å². The Kier molecular flexibility index (Phi) is 5.77. The zero-order valence-corrected chi connectivity index (χ0v) is 18.1. The summed E-state index contributed by atoms with van der Waals surface area (Å²) < 4.78 is 19.2. The number of aryl methyl sites for hydroxylation is 1. The van der Waals surface area contributed by atoms with Crippen molar-refractivity contribution in [1.82, 2.24) is 0 Å². The molecule has 4 rings (SSSR count). The Balaban J connectivity index is 1.74. The second-order valence-electron chi connectivity index (χ2n) is 7.86. The van der Waals surface area contributed by atoms with E-state index in [0.29, 0.717) is 22.7 Å². The van der Waals surface area contributed by atoms with E-state index in [4.69, 9.17) is 4.74 Å². The van der Waals surface area contributed by atoms with Crippen LogP contribution in [-0.4, -0.2) is 17.9 Å². The van der Waals surface area contributed by atoms with E-state index in [-0.39, 0.29) is 17.4 Å². The number of nitrogens with one attached hydrogen (secondary N) is 1. The van der Waals surface area contributed by atoms with Crippen LogP contribution in [0.15, 0.2) is 78.5 Å². The molecule has 0 atom stereocenters. The first-order valence-electron chi connectivity index (χ1n) is 10.3. The summed E-state index contributed by atoms with van der Waals surface area (Å²) in [5.74, 6) is -0.651. The Morgan fingerprint density at radius 2 is 1.59 bits per heavy atom. The summed E-state index contributed by atoms with van der Waals surface area (Å²) in [6.07, 6.45) is 0.0403. The molecule has 1 N–H and O–H groups in total. The third kappa shape index (κ3) is 4.25. The number of hydrogen-bond acceptors (Lipinski definition) is 4. The SMILES string of the molecule is Cc1cccc(N2C(=O)C(Nc3ccc(OC(C)C)cc3)=C(c3ccc(F)cc3)C2=O)c1. The number of anilines is 2. The molecule has 0 fully saturated rings. The van der Waals surface area contributed by atoms with Crippen LogP contribution < -0.4 is 15.0 Å². The van der Waals surface area contributed by atoms with Gasteiger partial charge in [-0.3, -0.25) is 9.59 Å². The Morgan fingerprint density at radius 1 is 0.906 bits per heavy atom. The summed E-state index contributed by atoms with van der Waals surface area (Å²) in [4.78, 5) is 27.9. The average Bonchev–Trinajstić information content (AvgIpc) is 2.99. The Labute approximate surface area is 186 Å². The van der Waals surface area contributed by atoms with Gasteiger partial charge in [-0.25, -0.2) is 9.29 Å². The number of rotatable bonds is 6. The number of carbonyl (C=O) groups excluding carboxylic acids is 2. The van der Waals surface area contributed by atoms with Crippen LogP contribution in [0.5, 0.6) is 5.75 Å². The Morgan fingerprint density at radius 3 is 2.22 bits per heavy atom. The predicted octanol–water partition coefficient (Wildman–Crippen LogP) is 5.32. The number of halogens is 1. The molecule has 1 aliphatic rings. The third-order valence-electron chi connectivity index (χ3n) is 4.97. The summed E-state index contributed by atoms with van der Waals surface area (Å²) in [5.41, 5.74) is 2.83. The van der Waals surface area contributed by atoms with Crippen molar-refractivity contribution < 1.29 is 18.7 Å². The topological polar surface area (TPSA) is 58.6 Å². The van der Waals surface area contributed by atoms with Gasteiger partial charge in [0.25, 0.3) is 11.8 Å². The van der Waals surface area contributed by atoms with Crippen LogP contribution in [0.3, 0.4) is 0 Å². The summed E-state index contributed by atoms with van der Waals surface area (Å²) in [5, 5.41) is 3.10. The van der Waals surface area contributed by atoms with Crippen molar-refractivity contribution in [3.8, 4) is 5.75 Å². The van der Waals surface area contributed by atoms with Gasteiger partial charge in [0.1, 0.15) is 17.3 Å². The van der Waals surface area contributed by atoms with Gasteiger partial charge in [0.15, 0.2) is 0 Å². The lowest BCUT2D eigenvalue weighted by atomic mass is 10.0. The molecular formula is C26H23FN2O3. The highest BCUT2D eigenvalue weighted by Gasteiger charge is 2.40. The lowest BCUT2D eigenvalue weighted by Gasteiger charge is -2.16. The van der Waals surface area contributed by atoms with Crippen LogP contribution >= 0.6 is 0 Å². The van der Waals surface area contributed by atoms with Gasteiger partial charge in [-0.05, 0) is 80.4 Å². The number of imide groups is 1. The van der Waals surface area contributed by atoms with Crippen molar-refractivity contribution in [2.45, 2.75) is 26.9 Å². The van der Waals surface area contributed by atoms with E-state index in [1.807, 2.05) is 26.8 Å².